The molecular weight excluding hydrogens is 200 g/mol. The van der Waals surface area contributed by atoms with Gasteiger partial charge in [0.05, 0.1) is 5.69 Å². The van der Waals surface area contributed by atoms with Crippen LogP contribution < -0.4 is 11.1 Å². The third-order valence-electron chi connectivity index (χ3n) is 2.38. The van der Waals surface area contributed by atoms with Crippen molar-refractivity contribution in [1.82, 2.24) is 10.2 Å². The Kier molecular flexibility index (Phi) is 3.56. The van der Waals surface area contributed by atoms with Crippen molar-refractivity contribution in [1.29, 1.82) is 0 Å². The van der Waals surface area contributed by atoms with Gasteiger partial charge in [-0.25, -0.2) is 0 Å². The topological polar surface area (TPSA) is 66.7 Å². The summed E-state index contributed by atoms with van der Waals surface area (Å²) in [7, 11) is 0. The minimum absolute atomic E-state index is 0.716. The summed E-state index contributed by atoms with van der Waals surface area (Å²) in [5.74, 6) is 0. The molecule has 0 bridgehead atoms. The van der Waals surface area contributed by atoms with E-state index in [1.165, 1.54) is 0 Å². The lowest BCUT2D eigenvalue weighted by molar-refractivity contribution is 0.874. The van der Waals surface area contributed by atoms with Gasteiger partial charge < -0.3 is 11.1 Å². The number of nitrogens with zero attached hydrogens (tertiary/aromatic N) is 1. The standard InChI is InChI=1S/C12H16N4/c13-6-2-7-14-11-4-1-3-10(9-11)12-5-8-15-16-12/h1,3-5,8-9,14H,2,6-7,13H2,(H,15,16). The van der Waals surface area contributed by atoms with Crippen molar-refractivity contribution in [2.45, 2.75) is 6.42 Å². The van der Waals surface area contributed by atoms with Crippen LogP contribution in [0.4, 0.5) is 5.69 Å². The molecule has 0 radical (unpaired) electrons. The van der Waals surface area contributed by atoms with Crippen LogP contribution in [-0.2, 0) is 0 Å². The Balaban J connectivity index is 2.08. The first-order valence-corrected chi connectivity index (χ1v) is 5.44. The molecule has 0 aliphatic rings. The highest BCUT2D eigenvalue weighted by Crippen LogP contribution is 2.19. The number of benzene rings is 1. The summed E-state index contributed by atoms with van der Waals surface area (Å²) in [5, 5.41) is 10.2. The lowest BCUT2D eigenvalue weighted by atomic mass is 10.1. The first kappa shape index (κ1) is 10.7. The minimum Gasteiger partial charge on any atom is -0.385 e. The third-order valence-corrected chi connectivity index (χ3v) is 2.38. The Labute approximate surface area is 94.9 Å². The molecule has 0 amide bonds. The summed E-state index contributed by atoms with van der Waals surface area (Å²) in [4.78, 5) is 0. The third kappa shape index (κ3) is 2.61. The molecule has 16 heavy (non-hydrogen) atoms. The number of hydrogen-bond donors (Lipinski definition) is 3. The van der Waals surface area contributed by atoms with Crippen LogP contribution in [0.3, 0.4) is 0 Å². The molecule has 2 aromatic rings. The highest BCUT2D eigenvalue weighted by molar-refractivity contribution is 5.64. The lowest BCUT2D eigenvalue weighted by Crippen LogP contribution is -2.08. The van der Waals surface area contributed by atoms with Crippen molar-refractivity contribution in [2.75, 3.05) is 18.4 Å². The van der Waals surface area contributed by atoms with Crippen molar-refractivity contribution in [3.63, 3.8) is 0 Å². The van der Waals surface area contributed by atoms with Crippen molar-refractivity contribution in [3.05, 3.63) is 36.5 Å². The second-order valence-corrected chi connectivity index (χ2v) is 3.62. The van der Waals surface area contributed by atoms with Crippen LogP contribution in [0.5, 0.6) is 0 Å². The molecule has 4 nitrogen and oxygen atoms in total. The zero-order valence-electron chi connectivity index (χ0n) is 9.11. The van der Waals surface area contributed by atoms with Gasteiger partial charge in [-0.2, -0.15) is 5.10 Å². The van der Waals surface area contributed by atoms with Crippen LogP contribution in [-0.4, -0.2) is 23.3 Å². The van der Waals surface area contributed by atoms with Crippen LogP contribution in [0.2, 0.25) is 0 Å². The SMILES string of the molecule is NCCCNc1cccc(-c2ccn[nH]2)c1. The van der Waals surface area contributed by atoms with E-state index in [2.05, 4.69) is 33.7 Å². The number of rotatable bonds is 5. The fourth-order valence-corrected chi connectivity index (χ4v) is 1.55. The maximum atomic E-state index is 5.45. The predicted octanol–water partition coefficient (Wildman–Crippen LogP) is 1.84. The maximum absolute atomic E-state index is 5.45. The molecule has 1 aromatic heterocycles. The van der Waals surface area contributed by atoms with Gasteiger partial charge in [0.15, 0.2) is 0 Å². The molecule has 0 spiro atoms. The Bertz CT molecular complexity index is 422. The molecule has 0 fully saturated rings. The van der Waals surface area contributed by atoms with Crippen LogP contribution in [0.25, 0.3) is 11.3 Å². The van der Waals surface area contributed by atoms with Gasteiger partial charge in [0.25, 0.3) is 0 Å². The number of anilines is 1. The van der Waals surface area contributed by atoms with Crippen LogP contribution in [0.1, 0.15) is 6.42 Å². The fourth-order valence-electron chi connectivity index (χ4n) is 1.55. The molecule has 1 aromatic carbocycles. The van der Waals surface area contributed by atoms with E-state index in [9.17, 15) is 0 Å². The number of nitrogens with two attached hydrogens (primary N) is 1. The van der Waals surface area contributed by atoms with E-state index in [1.807, 2.05) is 12.1 Å². The summed E-state index contributed by atoms with van der Waals surface area (Å²) in [5.41, 5.74) is 8.72. The summed E-state index contributed by atoms with van der Waals surface area (Å²) in [6.07, 6.45) is 2.73. The van der Waals surface area contributed by atoms with Crippen molar-refractivity contribution < 1.29 is 0 Å². The Morgan fingerprint density at radius 1 is 1.31 bits per heavy atom. The average molecular weight is 216 g/mol. The van der Waals surface area contributed by atoms with Gasteiger partial charge in [-0.05, 0) is 31.2 Å². The molecule has 0 aliphatic carbocycles. The largest absolute Gasteiger partial charge is 0.385 e. The first-order valence-electron chi connectivity index (χ1n) is 5.44. The first-order chi connectivity index (χ1) is 7.90. The van der Waals surface area contributed by atoms with E-state index in [0.717, 1.165) is 29.9 Å². The molecule has 0 unspecified atom stereocenters. The van der Waals surface area contributed by atoms with E-state index >= 15 is 0 Å². The fraction of sp³-hybridized carbons (Fsp3) is 0.250. The summed E-state index contributed by atoms with van der Waals surface area (Å²) in [6, 6.07) is 10.2. The van der Waals surface area contributed by atoms with Gasteiger partial charge in [-0.15, -0.1) is 0 Å². The zero-order chi connectivity index (χ0) is 11.2. The van der Waals surface area contributed by atoms with Gasteiger partial charge in [0, 0.05) is 24.0 Å². The van der Waals surface area contributed by atoms with Gasteiger partial charge in [0.1, 0.15) is 0 Å². The van der Waals surface area contributed by atoms with Gasteiger partial charge in [-0.3, -0.25) is 5.10 Å². The minimum atomic E-state index is 0.716. The second kappa shape index (κ2) is 5.32. The molecular formula is C12H16N4. The summed E-state index contributed by atoms with van der Waals surface area (Å²) >= 11 is 0. The Hall–Kier alpha value is -1.81. The van der Waals surface area contributed by atoms with E-state index in [-0.39, 0.29) is 0 Å². The molecule has 0 aliphatic heterocycles. The monoisotopic (exact) mass is 216 g/mol. The Morgan fingerprint density at radius 2 is 2.25 bits per heavy atom. The molecule has 1 heterocycles. The quantitative estimate of drug-likeness (QED) is 0.668. The van der Waals surface area contributed by atoms with Gasteiger partial charge >= 0.3 is 0 Å². The maximum Gasteiger partial charge on any atom is 0.0650 e. The van der Waals surface area contributed by atoms with Crippen molar-refractivity contribution >= 4 is 5.69 Å². The van der Waals surface area contributed by atoms with Crippen molar-refractivity contribution in [2.24, 2.45) is 5.73 Å². The zero-order valence-corrected chi connectivity index (χ0v) is 9.11. The van der Waals surface area contributed by atoms with E-state index in [4.69, 9.17) is 5.73 Å². The molecule has 4 heteroatoms. The Morgan fingerprint density at radius 3 is 3.00 bits per heavy atom. The number of aromatic nitrogens is 2. The molecule has 0 saturated carbocycles. The van der Waals surface area contributed by atoms with Crippen LogP contribution in [0, 0.1) is 0 Å². The molecule has 2 rings (SSSR count). The number of hydrogen-bond acceptors (Lipinski definition) is 3. The van der Waals surface area contributed by atoms with E-state index < -0.39 is 0 Å². The number of H-pyrrole nitrogens is 1. The second-order valence-electron chi connectivity index (χ2n) is 3.62. The van der Waals surface area contributed by atoms with Crippen LogP contribution in [0.15, 0.2) is 36.5 Å². The summed E-state index contributed by atoms with van der Waals surface area (Å²) in [6.45, 7) is 1.62. The van der Waals surface area contributed by atoms with E-state index in [1.54, 1.807) is 6.20 Å². The van der Waals surface area contributed by atoms with Crippen molar-refractivity contribution in [3.8, 4) is 11.3 Å². The number of nitrogens with one attached hydrogen (secondary N) is 2. The smallest absolute Gasteiger partial charge is 0.0650 e. The molecule has 84 valence electrons. The highest BCUT2D eigenvalue weighted by atomic mass is 15.1. The molecule has 0 saturated heterocycles. The molecule has 0 atom stereocenters. The summed E-state index contributed by atoms with van der Waals surface area (Å²) < 4.78 is 0. The predicted molar refractivity (Wildman–Crippen MR) is 66.2 cm³/mol. The van der Waals surface area contributed by atoms with E-state index in [0.29, 0.717) is 6.54 Å². The molecule has 4 N–H and O–H groups in total. The average Bonchev–Trinajstić information content (AvgIpc) is 2.83. The highest BCUT2D eigenvalue weighted by Gasteiger charge is 1.99. The van der Waals surface area contributed by atoms with Gasteiger partial charge in [-0.1, -0.05) is 12.1 Å². The number of aromatic amines is 1. The lowest BCUT2D eigenvalue weighted by Gasteiger charge is -2.06. The van der Waals surface area contributed by atoms with Crippen LogP contribution >= 0.6 is 0 Å². The van der Waals surface area contributed by atoms with Gasteiger partial charge in [0.2, 0.25) is 0 Å². The normalized spacial score (nSPS) is 10.3.